The van der Waals surface area contributed by atoms with Crippen molar-refractivity contribution in [2.75, 3.05) is 31.2 Å². The van der Waals surface area contributed by atoms with Crippen molar-refractivity contribution in [2.45, 2.75) is 46.7 Å². The fourth-order valence-electron chi connectivity index (χ4n) is 5.83. The number of nitrogens with two attached hydrogens (primary N) is 1. The third-order valence-electron chi connectivity index (χ3n) is 8.39. The first-order valence-corrected chi connectivity index (χ1v) is 13.7. The number of nitrogens with one attached hydrogen (secondary N) is 1. The van der Waals surface area contributed by atoms with E-state index >= 15 is 0 Å². The second-order valence-electron chi connectivity index (χ2n) is 11.4. The summed E-state index contributed by atoms with van der Waals surface area (Å²) < 4.78 is 6.14. The number of carboxylic acid groups (broad SMARTS) is 1. The van der Waals surface area contributed by atoms with E-state index in [0.29, 0.717) is 12.3 Å². The molecule has 40 heavy (non-hydrogen) atoms. The zero-order chi connectivity index (χ0) is 28.6. The predicted molar refractivity (Wildman–Crippen MR) is 161 cm³/mol. The molecule has 7 heteroatoms. The minimum absolute atomic E-state index is 0.385. The van der Waals surface area contributed by atoms with Crippen LogP contribution in [0.2, 0.25) is 0 Å². The molecule has 1 unspecified atom stereocenters. The van der Waals surface area contributed by atoms with Crippen molar-refractivity contribution in [1.29, 1.82) is 0 Å². The topological polar surface area (TPSA) is 101 Å². The average molecular weight is 539 g/mol. The van der Waals surface area contributed by atoms with Crippen LogP contribution in [0.3, 0.4) is 0 Å². The lowest BCUT2D eigenvalue weighted by Crippen LogP contribution is -2.33. The molecule has 2 heterocycles. The minimum atomic E-state index is -1.06. The Kier molecular flexibility index (Phi) is 7.43. The van der Waals surface area contributed by atoms with Crippen molar-refractivity contribution in [2.24, 2.45) is 5.41 Å². The van der Waals surface area contributed by atoms with Crippen LogP contribution in [0.5, 0.6) is 5.75 Å². The number of hydrogen-bond donors (Lipinski definition) is 3. The quantitative estimate of drug-likeness (QED) is 0.244. The standard InChI is InChI=1S/C33H38N4O3/c1-20-6-7-23(30(33(3,4)32(38)39)27-8-9-28(35-5)31(34)21(27)2)14-25(20)18-37-12-13-40-29-16-22-10-11-36-17-24(22)15-26(29)19-37/h6-11,14-17,30,35H,12-13,18-19,34H2,1-5H3,(H,38,39). The van der Waals surface area contributed by atoms with Gasteiger partial charge in [-0.15, -0.1) is 0 Å². The van der Waals surface area contributed by atoms with Gasteiger partial charge in [-0.2, -0.15) is 0 Å². The first-order valence-electron chi connectivity index (χ1n) is 13.7. The van der Waals surface area contributed by atoms with Crippen LogP contribution in [-0.2, 0) is 17.9 Å². The van der Waals surface area contributed by atoms with E-state index in [-0.39, 0.29) is 5.92 Å². The smallest absolute Gasteiger partial charge is 0.310 e. The first kappa shape index (κ1) is 27.5. The molecular formula is C33H38N4O3. The molecule has 1 aromatic heterocycles. The highest BCUT2D eigenvalue weighted by atomic mass is 16.5. The summed E-state index contributed by atoms with van der Waals surface area (Å²) in [4.78, 5) is 19.2. The molecule has 0 spiro atoms. The molecule has 5 rings (SSSR count). The first-order chi connectivity index (χ1) is 19.1. The van der Waals surface area contributed by atoms with Gasteiger partial charge in [-0.25, -0.2) is 0 Å². The monoisotopic (exact) mass is 538 g/mol. The number of ether oxygens (including phenoxy) is 1. The Morgan fingerprint density at radius 3 is 2.70 bits per heavy atom. The van der Waals surface area contributed by atoms with E-state index in [1.54, 1.807) is 20.0 Å². The summed E-state index contributed by atoms with van der Waals surface area (Å²) in [5.41, 5.74) is 13.2. The summed E-state index contributed by atoms with van der Waals surface area (Å²) in [5, 5.41) is 15.7. The number of nitrogens with zero attached hydrogens (tertiary/aromatic N) is 2. The largest absolute Gasteiger partial charge is 0.492 e. The number of rotatable bonds is 7. The van der Waals surface area contributed by atoms with Crippen LogP contribution >= 0.6 is 0 Å². The number of anilines is 2. The van der Waals surface area contributed by atoms with Crippen LogP contribution in [0.15, 0.2) is 60.9 Å². The van der Waals surface area contributed by atoms with Gasteiger partial charge in [0.25, 0.3) is 0 Å². The van der Waals surface area contributed by atoms with Gasteiger partial charge in [-0.1, -0.05) is 24.3 Å². The number of nitrogen functional groups attached to an aromatic ring is 1. The van der Waals surface area contributed by atoms with Crippen LogP contribution in [0.25, 0.3) is 10.8 Å². The minimum Gasteiger partial charge on any atom is -0.492 e. The van der Waals surface area contributed by atoms with E-state index in [4.69, 9.17) is 10.5 Å². The highest BCUT2D eigenvalue weighted by Gasteiger charge is 2.40. The van der Waals surface area contributed by atoms with Crippen molar-refractivity contribution >= 4 is 28.1 Å². The Balaban J connectivity index is 1.51. The number of aryl methyl sites for hydroxylation is 1. The highest BCUT2D eigenvalue weighted by Crippen LogP contribution is 2.45. The number of carboxylic acids is 1. The molecule has 0 amide bonds. The summed E-state index contributed by atoms with van der Waals surface area (Å²) in [7, 11) is 1.83. The highest BCUT2D eigenvalue weighted by molar-refractivity contribution is 5.84. The molecule has 1 atom stereocenters. The van der Waals surface area contributed by atoms with E-state index in [9.17, 15) is 9.90 Å². The summed E-state index contributed by atoms with van der Waals surface area (Å²) in [5.74, 6) is -0.309. The summed E-state index contributed by atoms with van der Waals surface area (Å²) in [6.07, 6.45) is 3.69. The van der Waals surface area contributed by atoms with E-state index < -0.39 is 11.4 Å². The lowest BCUT2D eigenvalue weighted by Gasteiger charge is -2.34. The van der Waals surface area contributed by atoms with Gasteiger partial charge in [-0.3, -0.25) is 14.7 Å². The zero-order valence-electron chi connectivity index (χ0n) is 23.9. The Hall–Kier alpha value is -4.10. The number of pyridine rings is 1. The van der Waals surface area contributed by atoms with E-state index in [2.05, 4.69) is 52.5 Å². The Bertz CT molecular complexity index is 1580. The molecule has 4 N–H and O–H groups in total. The Morgan fingerprint density at radius 1 is 1.15 bits per heavy atom. The molecule has 1 aliphatic heterocycles. The van der Waals surface area contributed by atoms with Gasteiger partial charge in [0, 0.05) is 55.9 Å². The van der Waals surface area contributed by atoms with Crippen LogP contribution in [0.4, 0.5) is 11.4 Å². The van der Waals surface area contributed by atoms with Crippen molar-refractivity contribution in [1.82, 2.24) is 9.88 Å². The molecule has 0 saturated heterocycles. The predicted octanol–water partition coefficient (Wildman–Crippen LogP) is 6.11. The number of carbonyl (C=O) groups is 1. The summed E-state index contributed by atoms with van der Waals surface area (Å²) in [6.45, 7) is 10.6. The van der Waals surface area contributed by atoms with Gasteiger partial charge in [0.2, 0.25) is 0 Å². The van der Waals surface area contributed by atoms with Crippen molar-refractivity contribution in [3.8, 4) is 5.75 Å². The van der Waals surface area contributed by atoms with Gasteiger partial charge in [0.1, 0.15) is 12.4 Å². The number of fused-ring (bicyclic) bond motifs is 2. The van der Waals surface area contributed by atoms with Crippen LogP contribution in [0.1, 0.15) is 53.1 Å². The number of hydrogen-bond acceptors (Lipinski definition) is 6. The molecule has 7 nitrogen and oxygen atoms in total. The van der Waals surface area contributed by atoms with Crippen LogP contribution in [0, 0.1) is 19.3 Å². The molecule has 0 aliphatic carbocycles. The molecular weight excluding hydrogens is 500 g/mol. The molecule has 0 saturated carbocycles. The number of aromatic nitrogens is 1. The maximum Gasteiger partial charge on any atom is 0.310 e. The average Bonchev–Trinajstić information content (AvgIpc) is 3.12. The van der Waals surface area contributed by atoms with Crippen molar-refractivity contribution in [3.05, 3.63) is 94.3 Å². The van der Waals surface area contributed by atoms with Gasteiger partial charge in [-0.05, 0) is 85.2 Å². The molecule has 3 aromatic carbocycles. The van der Waals surface area contributed by atoms with E-state index in [0.717, 1.165) is 64.1 Å². The maximum atomic E-state index is 12.6. The van der Waals surface area contributed by atoms with Crippen LogP contribution in [-0.4, -0.2) is 41.2 Å². The second-order valence-corrected chi connectivity index (χ2v) is 11.4. The molecule has 0 bridgehead atoms. The molecule has 1 aliphatic rings. The third kappa shape index (κ3) is 5.09. The van der Waals surface area contributed by atoms with Gasteiger partial charge in [0.15, 0.2) is 0 Å². The fraction of sp³-hybridized carbons (Fsp3) is 0.333. The van der Waals surface area contributed by atoms with Gasteiger partial charge < -0.3 is 20.9 Å². The number of benzene rings is 3. The third-order valence-corrected chi connectivity index (χ3v) is 8.39. The fourth-order valence-corrected chi connectivity index (χ4v) is 5.83. The normalized spacial score (nSPS) is 14.7. The van der Waals surface area contributed by atoms with E-state index in [1.165, 1.54) is 11.1 Å². The second kappa shape index (κ2) is 10.8. The molecule has 0 fully saturated rings. The lowest BCUT2D eigenvalue weighted by molar-refractivity contribution is -0.147. The summed E-state index contributed by atoms with van der Waals surface area (Å²) in [6, 6.07) is 16.6. The van der Waals surface area contributed by atoms with E-state index in [1.807, 2.05) is 38.4 Å². The van der Waals surface area contributed by atoms with Crippen molar-refractivity contribution < 1.29 is 14.6 Å². The summed E-state index contributed by atoms with van der Waals surface area (Å²) >= 11 is 0. The Morgan fingerprint density at radius 2 is 1.95 bits per heavy atom. The lowest BCUT2D eigenvalue weighted by atomic mass is 9.69. The maximum absolute atomic E-state index is 12.6. The zero-order valence-corrected chi connectivity index (χ0v) is 23.9. The van der Waals surface area contributed by atoms with Gasteiger partial charge >= 0.3 is 5.97 Å². The van der Waals surface area contributed by atoms with Gasteiger partial charge in [0.05, 0.1) is 16.8 Å². The Labute approximate surface area is 236 Å². The molecule has 4 aromatic rings. The number of aliphatic carboxylic acids is 1. The van der Waals surface area contributed by atoms with Crippen molar-refractivity contribution in [3.63, 3.8) is 0 Å². The van der Waals surface area contributed by atoms with Crippen LogP contribution < -0.4 is 15.8 Å². The molecule has 0 radical (unpaired) electrons. The molecule has 208 valence electrons. The SMILES string of the molecule is CNc1ccc(C(c2ccc(C)c(CN3CCOc4cc5ccncc5cc4C3)c2)C(C)(C)C(=O)O)c(C)c1N.